The van der Waals surface area contributed by atoms with E-state index in [0.717, 1.165) is 11.3 Å². The van der Waals surface area contributed by atoms with Gasteiger partial charge in [0.25, 0.3) is 5.91 Å². The van der Waals surface area contributed by atoms with Crippen molar-refractivity contribution in [3.8, 4) is 5.75 Å². The molecule has 0 aliphatic carbocycles. The van der Waals surface area contributed by atoms with Gasteiger partial charge in [-0.25, -0.2) is 0 Å². The Bertz CT molecular complexity index is 479. The van der Waals surface area contributed by atoms with Crippen molar-refractivity contribution in [1.29, 1.82) is 0 Å². The summed E-state index contributed by atoms with van der Waals surface area (Å²) in [6.45, 7) is 2.43. The summed E-state index contributed by atoms with van der Waals surface area (Å²) in [5.74, 6) is 0.781. The lowest BCUT2D eigenvalue weighted by atomic mass is 10.1. The summed E-state index contributed by atoms with van der Waals surface area (Å²) in [4.78, 5) is 14.4. The predicted molar refractivity (Wildman–Crippen MR) is 78.1 cm³/mol. The van der Waals surface area contributed by atoms with Gasteiger partial charge in [-0.15, -0.1) is 0 Å². The van der Waals surface area contributed by atoms with Crippen LogP contribution in [0.5, 0.6) is 5.75 Å². The van der Waals surface area contributed by atoms with E-state index in [0.29, 0.717) is 18.0 Å². The monoisotopic (exact) mass is 278 g/mol. The van der Waals surface area contributed by atoms with Crippen molar-refractivity contribution >= 4 is 23.1 Å². The summed E-state index contributed by atoms with van der Waals surface area (Å²) < 4.78 is 5.68. The lowest BCUT2D eigenvalue weighted by molar-refractivity contribution is -0.136. The van der Waals surface area contributed by atoms with E-state index in [1.54, 1.807) is 11.9 Å². The van der Waals surface area contributed by atoms with E-state index < -0.39 is 6.10 Å². The average molecular weight is 278 g/mol. The first-order chi connectivity index (χ1) is 8.99. The number of ether oxygens (including phenoxy) is 1. The third-order valence-electron chi connectivity index (χ3n) is 3.33. The van der Waals surface area contributed by atoms with Crippen LogP contribution in [0.2, 0.25) is 0 Å². The standard InChI is InChI=1S/C14H18N2O2S/c1-9(13(15)19)8-16(2)14(17)12-7-10-5-3-4-6-11(10)18-12/h3-6,9,12H,7-8H2,1-2H3,(H2,15,19). The van der Waals surface area contributed by atoms with Crippen molar-refractivity contribution in [1.82, 2.24) is 4.90 Å². The van der Waals surface area contributed by atoms with Crippen molar-refractivity contribution < 1.29 is 9.53 Å². The Labute approximate surface area is 118 Å². The molecule has 2 rings (SSSR count). The van der Waals surface area contributed by atoms with Crippen LogP contribution in [-0.2, 0) is 11.2 Å². The first kappa shape index (κ1) is 13.8. The second-order valence-corrected chi connectivity index (χ2v) is 5.41. The van der Waals surface area contributed by atoms with Gasteiger partial charge in [-0.1, -0.05) is 37.3 Å². The Morgan fingerprint density at radius 2 is 2.26 bits per heavy atom. The van der Waals surface area contributed by atoms with E-state index in [2.05, 4.69) is 0 Å². The Morgan fingerprint density at radius 3 is 2.89 bits per heavy atom. The van der Waals surface area contributed by atoms with Gasteiger partial charge < -0.3 is 15.4 Å². The van der Waals surface area contributed by atoms with Gasteiger partial charge in [0.05, 0.1) is 4.99 Å². The van der Waals surface area contributed by atoms with Gasteiger partial charge in [0.15, 0.2) is 6.10 Å². The minimum Gasteiger partial charge on any atom is -0.480 e. The number of amides is 1. The highest BCUT2D eigenvalue weighted by Gasteiger charge is 2.31. The van der Waals surface area contributed by atoms with Gasteiger partial charge >= 0.3 is 0 Å². The summed E-state index contributed by atoms with van der Waals surface area (Å²) in [5, 5.41) is 0. The van der Waals surface area contributed by atoms with Gasteiger partial charge in [0, 0.05) is 25.9 Å². The van der Waals surface area contributed by atoms with E-state index in [1.807, 2.05) is 31.2 Å². The topological polar surface area (TPSA) is 55.6 Å². The Morgan fingerprint density at radius 1 is 1.58 bits per heavy atom. The average Bonchev–Trinajstić information content (AvgIpc) is 2.81. The van der Waals surface area contributed by atoms with Crippen LogP contribution in [0.25, 0.3) is 0 Å². The highest BCUT2D eigenvalue weighted by Crippen LogP contribution is 2.28. The van der Waals surface area contributed by atoms with Gasteiger partial charge in [-0.3, -0.25) is 4.79 Å². The molecule has 1 aromatic rings. The lowest BCUT2D eigenvalue weighted by Gasteiger charge is -2.23. The molecule has 19 heavy (non-hydrogen) atoms. The largest absolute Gasteiger partial charge is 0.480 e. The molecule has 0 fully saturated rings. The summed E-state index contributed by atoms with van der Waals surface area (Å²) in [6.07, 6.45) is 0.196. The van der Waals surface area contributed by atoms with Crippen molar-refractivity contribution in [3.63, 3.8) is 0 Å². The molecule has 2 atom stereocenters. The van der Waals surface area contributed by atoms with Crippen LogP contribution >= 0.6 is 12.2 Å². The van der Waals surface area contributed by atoms with E-state index in [1.165, 1.54) is 0 Å². The molecule has 5 heteroatoms. The molecule has 0 spiro atoms. The molecule has 0 aromatic heterocycles. The zero-order chi connectivity index (χ0) is 14.0. The minimum atomic E-state index is -0.430. The molecule has 1 aromatic carbocycles. The molecular formula is C14H18N2O2S. The first-order valence-electron chi connectivity index (χ1n) is 6.28. The fourth-order valence-corrected chi connectivity index (χ4v) is 2.23. The van der Waals surface area contributed by atoms with Crippen LogP contribution in [0.15, 0.2) is 24.3 Å². The maximum absolute atomic E-state index is 12.3. The molecule has 1 aliphatic heterocycles. The van der Waals surface area contributed by atoms with Crippen LogP contribution in [0, 0.1) is 5.92 Å². The van der Waals surface area contributed by atoms with E-state index >= 15 is 0 Å². The summed E-state index contributed by atoms with van der Waals surface area (Å²) in [6, 6.07) is 7.73. The number of para-hydroxylation sites is 1. The fourth-order valence-electron chi connectivity index (χ4n) is 2.16. The quantitative estimate of drug-likeness (QED) is 0.845. The fraction of sp³-hybridized carbons (Fsp3) is 0.429. The molecule has 1 amide bonds. The van der Waals surface area contributed by atoms with Crippen LogP contribution < -0.4 is 10.5 Å². The van der Waals surface area contributed by atoms with Crippen molar-refractivity contribution in [2.75, 3.05) is 13.6 Å². The number of likely N-dealkylation sites (N-methyl/N-ethyl adjacent to an activating group) is 1. The molecule has 2 N–H and O–H groups in total. The van der Waals surface area contributed by atoms with Gasteiger partial charge in [0.2, 0.25) is 0 Å². The van der Waals surface area contributed by atoms with Crippen LogP contribution in [-0.4, -0.2) is 35.5 Å². The molecule has 2 unspecified atom stereocenters. The van der Waals surface area contributed by atoms with Crippen LogP contribution in [0.4, 0.5) is 0 Å². The number of carbonyl (C=O) groups is 1. The Balaban J connectivity index is 1.97. The Hall–Kier alpha value is -1.62. The molecule has 0 saturated heterocycles. The summed E-state index contributed by atoms with van der Waals surface area (Å²) in [7, 11) is 1.75. The maximum Gasteiger partial charge on any atom is 0.263 e. The van der Waals surface area contributed by atoms with Gasteiger partial charge in [-0.05, 0) is 11.6 Å². The summed E-state index contributed by atoms with van der Waals surface area (Å²) >= 11 is 4.92. The molecule has 1 aliphatic rings. The highest BCUT2D eigenvalue weighted by atomic mass is 32.1. The normalized spacial score (nSPS) is 18.3. The summed E-state index contributed by atoms with van der Waals surface area (Å²) in [5.41, 5.74) is 6.65. The maximum atomic E-state index is 12.3. The molecule has 0 saturated carbocycles. The number of nitrogens with two attached hydrogens (primary N) is 1. The molecule has 1 heterocycles. The number of nitrogens with zero attached hydrogens (tertiary/aromatic N) is 1. The molecular weight excluding hydrogens is 260 g/mol. The van der Waals surface area contributed by atoms with Crippen molar-refractivity contribution in [2.24, 2.45) is 11.7 Å². The SMILES string of the molecule is CC(CN(C)C(=O)C1Cc2ccccc2O1)C(N)=S. The number of carbonyl (C=O) groups excluding carboxylic acids is 1. The number of hydrogen-bond donors (Lipinski definition) is 1. The minimum absolute atomic E-state index is 0.00716. The van der Waals surface area contributed by atoms with E-state index in [-0.39, 0.29) is 11.8 Å². The predicted octanol–water partition coefficient (Wildman–Crippen LogP) is 1.37. The first-order valence-corrected chi connectivity index (χ1v) is 6.68. The number of rotatable bonds is 4. The zero-order valence-corrected chi connectivity index (χ0v) is 11.9. The lowest BCUT2D eigenvalue weighted by Crippen LogP contribution is -2.42. The molecule has 0 radical (unpaired) electrons. The van der Waals surface area contributed by atoms with Crippen molar-refractivity contribution in [2.45, 2.75) is 19.4 Å². The van der Waals surface area contributed by atoms with Crippen molar-refractivity contribution in [3.05, 3.63) is 29.8 Å². The third kappa shape index (κ3) is 3.04. The van der Waals surface area contributed by atoms with Gasteiger partial charge in [-0.2, -0.15) is 0 Å². The second kappa shape index (κ2) is 5.57. The third-order valence-corrected chi connectivity index (χ3v) is 3.73. The molecule has 0 bridgehead atoms. The van der Waals surface area contributed by atoms with E-state index in [9.17, 15) is 4.79 Å². The van der Waals surface area contributed by atoms with Crippen LogP contribution in [0.1, 0.15) is 12.5 Å². The van der Waals surface area contributed by atoms with E-state index in [4.69, 9.17) is 22.7 Å². The van der Waals surface area contributed by atoms with Gasteiger partial charge in [0.1, 0.15) is 5.75 Å². The highest BCUT2D eigenvalue weighted by molar-refractivity contribution is 7.80. The Kier molecular flexibility index (Phi) is 4.04. The number of fused-ring (bicyclic) bond motifs is 1. The smallest absolute Gasteiger partial charge is 0.263 e. The number of benzene rings is 1. The second-order valence-electron chi connectivity index (χ2n) is 4.94. The number of thiocarbonyl (C=S) groups is 1. The number of hydrogen-bond acceptors (Lipinski definition) is 3. The molecule has 102 valence electrons. The zero-order valence-electron chi connectivity index (χ0n) is 11.1. The molecule has 4 nitrogen and oxygen atoms in total. The van der Waals surface area contributed by atoms with Crippen LogP contribution in [0.3, 0.4) is 0 Å².